The number of fused-ring (bicyclic) bond motifs is 1. The predicted molar refractivity (Wildman–Crippen MR) is 77.8 cm³/mol. The molecular formula is C15H20BrNO4. The molecule has 116 valence electrons. The third kappa shape index (κ3) is 2.84. The number of ether oxygens (including phenoxy) is 3. The maximum Gasteiger partial charge on any atom is 0.303 e. The second kappa shape index (κ2) is 5.86. The van der Waals surface area contributed by atoms with Gasteiger partial charge in [0.15, 0.2) is 0 Å². The molecule has 6 heteroatoms. The first kappa shape index (κ1) is 15.3. The first-order chi connectivity index (χ1) is 10.0. The molecule has 0 aromatic carbocycles. The standard InChI is InChI=1S/C15H20BrNO4/c1-9(18)19-14-11(16)7-15-8-12(14)20-13(15)5-4-10(21-15)3-2-6-17/h10-14H,2-5,7-8H2,1H3/t10-,11-,12+,13-,14+,15-/m0/s1. The monoisotopic (exact) mass is 357 g/mol. The number of hydrogen-bond acceptors (Lipinski definition) is 5. The highest BCUT2D eigenvalue weighted by Gasteiger charge is 2.60. The van der Waals surface area contributed by atoms with Crippen LogP contribution in [-0.4, -0.2) is 40.8 Å². The number of nitrogens with zero attached hydrogens (tertiary/aromatic N) is 1. The minimum Gasteiger partial charge on any atom is -0.459 e. The van der Waals surface area contributed by atoms with Gasteiger partial charge in [0.1, 0.15) is 6.10 Å². The number of halogens is 1. The number of hydrogen-bond donors (Lipinski definition) is 0. The number of esters is 1. The lowest BCUT2D eigenvalue weighted by molar-refractivity contribution is -0.166. The second-order valence-electron chi connectivity index (χ2n) is 6.24. The summed E-state index contributed by atoms with van der Waals surface area (Å²) in [5.41, 5.74) is -0.270. The van der Waals surface area contributed by atoms with Crippen LogP contribution in [0.3, 0.4) is 0 Å². The maximum absolute atomic E-state index is 11.3. The number of rotatable bonds is 3. The summed E-state index contributed by atoms with van der Waals surface area (Å²) in [4.78, 5) is 11.3. The lowest BCUT2D eigenvalue weighted by atomic mass is 9.77. The molecule has 2 heterocycles. The third-order valence-electron chi connectivity index (χ3n) is 4.77. The Morgan fingerprint density at radius 3 is 3.00 bits per heavy atom. The van der Waals surface area contributed by atoms with Gasteiger partial charge in [-0.25, -0.2) is 0 Å². The molecule has 21 heavy (non-hydrogen) atoms. The molecule has 1 spiro atoms. The van der Waals surface area contributed by atoms with Crippen LogP contribution >= 0.6 is 15.9 Å². The molecular weight excluding hydrogens is 338 g/mol. The van der Waals surface area contributed by atoms with Crippen LogP contribution in [0.4, 0.5) is 0 Å². The summed E-state index contributed by atoms with van der Waals surface area (Å²) in [7, 11) is 0. The van der Waals surface area contributed by atoms with Crippen molar-refractivity contribution >= 4 is 21.9 Å². The van der Waals surface area contributed by atoms with Gasteiger partial charge in [0, 0.05) is 19.8 Å². The van der Waals surface area contributed by atoms with Gasteiger partial charge in [-0.05, 0) is 25.7 Å². The zero-order valence-electron chi connectivity index (χ0n) is 12.1. The lowest BCUT2D eigenvalue weighted by Crippen LogP contribution is -2.53. The Kier molecular flexibility index (Phi) is 4.26. The molecule has 6 atom stereocenters. The molecule has 0 amide bonds. The summed E-state index contributed by atoms with van der Waals surface area (Å²) in [6.07, 6.45) is 4.68. The van der Waals surface area contributed by atoms with Gasteiger partial charge >= 0.3 is 5.97 Å². The average molecular weight is 358 g/mol. The van der Waals surface area contributed by atoms with Crippen LogP contribution in [0.2, 0.25) is 0 Å². The van der Waals surface area contributed by atoms with Gasteiger partial charge < -0.3 is 14.2 Å². The number of carbonyl (C=O) groups excluding carboxylic acids is 1. The molecule has 0 radical (unpaired) electrons. The smallest absolute Gasteiger partial charge is 0.303 e. The Morgan fingerprint density at radius 1 is 1.48 bits per heavy atom. The fourth-order valence-corrected chi connectivity index (χ4v) is 4.94. The number of nitriles is 1. The third-order valence-corrected chi connectivity index (χ3v) is 5.61. The molecule has 3 aliphatic rings. The molecule has 3 fully saturated rings. The minimum atomic E-state index is -0.272. The molecule has 1 aliphatic carbocycles. The average Bonchev–Trinajstić information content (AvgIpc) is 2.74. The van der Waals surface area contributed by atoms with Crippen molar-refractivity contribution in [2.45, 2.75) is 80.3 Å². The van der Waals surface area contributed by atoms with E-state index in [1.165, 1.54) is 6.92 Å². The van der Waals surface area contributed by atoms with Crippen molar-refractivity contribution in [3.8, 4) is 6.07 Å². The van der Waals surface area contributed by atoms with E-state index in [0.717, 1.165) is 32.1 Å². The largest absolute Gasteiger partial charge is 0.459 e. The van der Waals surface area contributed by atoms with E-state index in [1.807, 2.05) is 0 Å². The Morgan fingerprint density at radius 2 is 2.29 bits per heavy atom. The number of carbonyl (C=O) groups is 1. The van der Waals surface area contributed by atoms with Gasteiger partial charge in [0.25, 0.3) is 0 Å². The van der Waals surface area contributed by atoms with E-state index in [0.29, 0.717) is 6.42 Å². The fourth-order valence-electron chi connectivity index (χ4n) is 3.94. The SMILES string of the molecule is CC(=O)O[C@@H]1[C@@H](Br)C[C@]23C[C@H]1O[C@H]2CC[C@H](CCC#N)O3. The van der Waals surface area contributed by atoms with Gasteiger partial charge in [0.05, 0.1) is 34.8 Å². The first-order valence-electron chi connectivity index (χ1n) is 7.55. The molecule has 2 aliphatic heterocycles. The highest BCUT2D eigenvalue weighted by molar-refractivity contribution is 9.09. The van der Waals surface area contributed by atoms with Crippen molar-refractivity contribution < 1.29 is 19.0 Å². The molecule has 3 rings (SSSR count). The summed E-state index contributed by atoms with van der Waals surface area (Å²) in [5.74, 6) is -0.272. The van der Waals surface area contributed by atoms with Gasteiger partial charge in [-0.1, -0.05) is 15.9 Å². The second-order valence-corrected chi connectivity index (χ2v) is 7.42. The number of alkyl halides is 1. The summed E-state index contributed by atoms with van der Waals surface area (Å²) in [5, 5.41) is 8.73. The van der Waals surface area contributed by atoms with Crippen molar-refractivity contribution in [1.29, 1.82) is 5.26 Å². The first-order valence-corrected chi connectivity index (χ1v) is 8.47. The highest BCUT2D eigenvalue weighted by atomic mass is 79.9. The van der Waals surface area contributed by atoms with E-state index in [4.69, 9.17) is 19.5 Å². The van der Waals surface area contributed by atoms with E-state index >= 15 is 0 Å². The predicted octanol–water partition coefficient (Wildman–Crippen LogP) is 2.46. The van der Waals surface area contributed by atoms with Crippen molar-refractivity contribution in [2.24, 2.45) is 0 Å². The summed E-state index contributed by atoms with van der Waals surface area (Å²) in [6, 6.07) is 2.19. The Labute approximate surface area is 133 Å². The molecule has 0 N–H and O–H groups in total. The lowest BCUT2D eigenvalue weighted by Gasteiger charge is -2.45. The van der Waals surface area contributed by atoms with Crippen LogP contribution in [0.15, 0.2) is 0 Å². The van der Waals surface area contributed by atoms with Crippen LogP contribution in [0.1, 0.15) is 45.4 Å². The van der Waals surface area contributed by atoms with Gasteiger partial charge in [-0.15, -0.1) is 0 Å². The van der Waals surface area contributed by atoms with Crippen molar-refractivity contribution in [2.75, 3.05) is 0 Å². The van der Waals surface area contributed by atoms with Crippen molar-refractivity contribution in [3.05, 3.63) is 0 Å². The quantitative estimate of drug-likeness (QED) is 0.573. The topological polar surface area (TPSA) is 68.5 Å². The van der Waals surface area contributed by atoms with E-state index in [1.54, 1.807) is 0 Å². The Hall–Kier alpha value is -0.640. The zero-order valence-corrected chi connectivity index (χ0v) is 13.7. The van der Waals surface area contributed by atoms with Gasteiger partial charge in [-0.3, -0.25) is 4.79 Å². The fraction of sp³-hybridized carbons (Fsp3) is 0.867. The van der Waals surface area contributed by atoms with Crippen molar-refractivity contribution in [3.63, 3.8) is 0 Å². The highest BCUT2D eigenvalue weighted by Crippen LogP contribution is 2.51. The van der Waals surface area contributed by atoms with E-state index in [2.05, 4.69) is 22.0 Å². The molecule has 0 aromatic rings. The van der Waals surface area contributed by atoms with E-state index in [-0.39, 0.29) is 40.8 Å². The van der Waals surface area contributed by atoms with Gasteiger partial charge in [-0.2, -0.15) is 5.26 Å². The molecule has 0 unspecified atom stereocenters. The van der Waals surface area contributed by atoms with Crippen LogP contribution in [0.5, 0.6) is 0 Å². The van der Waals surface area contributed by atoms with Crippen LogP contribution in [0.25, 0.3) is 0 Å². The minimum absolute atomic E-state index is 0.0554. The Balaban J connectivity index is 1.72. The molecule has 2 saturated heterocycles. The van der Waals surface area contributed by atoms with E-state index < -0.39 is 0 Å². The zero-order chi connectivity index (χ0) is 15.0. The maximum atomic E-state index is 11.3. The molecule has 5 nitrogen and oxygen atoms in total. The summed E-state index contributed by atoms with van der Waals surface area (Å²) >= 11 is 3.64. The Bertz CT molecular complexity index is 465. The molecule has 1 saturated carbocycles. The van der Waals surface area contributed by atoms with E-state index in [9.17, 15) is 4.79 Å². The van der Waals surface area contributed by atoms with Gasteiger partial charge in [0.2, 0.25) is 0 Å². The summed E-state index contributed by atoms with van der Waals surface area (Å²) < 4.78 is 17.9. The normalized spacial score (nSPS) is 44.7. The molecule has 2 bridgehead atoms. The van der Waals surface area contributed by atoms with Crippen LogP contribution < -0.4 is 0 Å². The van der Waals surface area contributed by atoms with Crippen molar-refractivity contribution in [1.82, 2.24) is 0 Å². The van der Waals surface area contributed by atoms with Crippen LogP contribution in [-0.2, 0) is 19.0 Å². The summed E-state index contributed by atoms with van der Waals surface area (Å²) in [6.45, 7) is 1.43. The molecule has 0 aromatic heterocycles. The van der Waals surface area contributed by atoms with Crippen LogP contribution in [0, 0.1) is 11.3 Å².